The average molecular weight is 240 g/mol. The van der Waals surface area contributed by atoms with Gasteiger partial charge in [0.05, 0.1) is 0 Å². The zero-order valence-electron chi connectivity index (χ0n) is 11.0. The van der Waals surface area contributed by atoms with Gasteiger partial charge >= 0.3 is 0 Å². The zero-order valence-corrected chi connectivity index (χ0v) is 11.9. The Morgan fingerprint density at radius 3 is 2.19 bits per heavy atom. The van der Waals surface area contributed by atoms with Crippen LogP contribution in [0, 0.1) is 23.7 Å². The summed E-state index contributed by atoms with van der Waals surface area (Å²) in [6.07, 6.45) is 11.7. The molecule has 0 N–H and O–H groups in total. The van der Waals surface area contributed by atoms with Gasteiger partial charge in [0, 0.05) is 5.25 Å². The number of hydrogen-bond acceptors (Lipinski definition) is 1. The van der Waals surface area contributed by atoms with Gasteiger partial charge in [-0.05, 0) is 49.4 Å². The van der Waals surface area contributed by atoms with Gasteiger partial charge in [0.15, 0.2) is 0 Å². The van der Waals surface area contributed by atoms with E-state index in [2.05, 4.69) is 13.8 Å². The molecule has 2 rings (SSSR count). The Labute approximate surface area is 107 Å². The van der Waals surface area contributed by atoms with Gasteiger partial charge in [-0.15, -0.1) is 0 Å². The Morgan fingerprint density at radius 2 is 1.56 bits per heavy atom. The molecule has 0 saturated heterocycles. The minimum absolute atomic E-state index is 0.681. The quantitative estimate of drug-likeness (QED) is 0.513. The molecule has 0 aromatic carbocycles. The molecule has 0 nitrogen and oxygen atoms in total. The van der Waals surface area contributed by atoms with Crippen LogP contribution in [-0.2, 0) is 0 Å². The molecule has 1 heteroatoms. The van der Waals surface area contributed by atoms with Crippen LogP contribution in [-0.4, -0.2) is 5.25 Å². The van der Waals surface area contributed by atoms with Gasteiger partial charge in [0.2, 0.25) is 0 Å². The fourth-order valence-electron chi connectivity index (χ4n) is 3.92. The molecule has 3 unspecified atom stereocenters. The lowest BCUT2D eigenvalue weighted by atomic mass is 9.84. The highest BCUT2D eigenvalue weighted by molar-refractivity contribution is 7.80. The lowest BCUT2D eigenvalue weighted by Gasteiger charge is -2.23. The Hall–Kier alpha value is 0.350. The van der Waals surface area contributed by atoms with Crippen molar-refractivity contribution < 1.29 is 0 Å². The van der Waals surface area contributed by atoms with Crippen LogP contribution >= 0.6 is 12.6 Å². The molecule has 2 fully saturated rings. The van der Waals surface area contributed by atoms with Crippen molar-refractivity contribution in [1.29, 1.82) is 0 Å². The van der Waals surface area contributed by atoms with Crippen LogP contribution < -0.4 is 0 Å². The SMILES string of the molecule is CC(C)C1CCC(C2CCCC2)CC(S)C1. The van der Waals surface area contributed by atoms with Crippen LogP contribution in [0.4, 0.5) is 0 Å². The molecule has 3 atom stereocenters. The summed E-state index contributed by atoms with van der Waals surface area (Å²) in [5.41, 5.74) is 0. The van der Waals surface area contributed by atoms with Crippen LogP contribution in [0.3, 0.4) is 0 Å². The molecule has 2 aliphatic rings. The van der Waals surface area contributed by atoms with Crippen LogP contribution in [0.1, 0.15) is 65.2 Å². The number of rotatable bonds is 2. The van der Waals surface area contributed by atoms with Crippen molar-refractivity contribution in [2.24, 2.45) is 23.7 Å². The first-order valence-corrected chi connectivity index (χ1v) is 7.86. The third-order valence-electron chi connectivity index (χ3n) is 5.07. The summed E-state index contributed by atoms with van der Waals surface area (Å²) in [6, 6.07) is 0. The Morgan fingerprint density at radius 1 is 0.875 bits per heavy atom. The predicted octanol–water partition coefficient (Wildman–Crippen LogP) is 4.94. The van der Waals surface area contributed by atoms with Crippen LogP contribution in [0.25, 0.3) is 0 Å². The van der Waals surface area contributed by atoms with Crippen molar-refractivity contribution in [3.05, 3.63) is 0 Å². The molecule has 0 aromatic heterocycles. The minimum atomic E-state index is 0.681. The molecule has 2 saturated carbocycles. The van der Waals surface area contributed by atoms with Crippen LogP contribution in [0.5, 0.6) is 0 Å². The molecule has 0 spiro atoms. The van der Waals surface area contributed by atoms with Crippen molar-refractivity contribution in [2.45, 2.75) is 70.5 Å². The summed E-state index contributed by atoms with van der Waals surface area (Å²) in [7, 11) is 0. The first-order chi connectivity index (χ1) is 7.66. The molecule has 0 heterocycles. The maximum absolute atomic E-state index is 4.84. The number of thiol groups is 1. The highest BCUT2D eigenvalue weighted by Gasteiger charge is 2.31. The van der Waals surface area contributed by atoms with E-state index in [0.717, 1.165) is 23.7 Å². The second-order valence-electron chi connectivity index (χ2n) is 6.51. The van der Waals surface area contributed by atoms with Gasteiger partial charge in [-0.25, -0.2) is 0 Å². The maximum Gasteiger partial charge on any atom is 0.00222 e. The van der Waals surface area contributed by atoms with Gasteiger partial charge in [-0.2, -0.15) is 12.6 Å². The van der Waals surface area contributed by atoms with Crippen LogP contribution in [0.2, 0.25) is 0 Å². The Kier molecular flexibility index (Phi) is 4.64. The summed E-state index contributed by atoms with van der Waals surface area (Å²) < 4.78 is 0. The van der Waals surface area contributed by atoms with E-state index in [1.807, 2.05) is 0 Å². The average Bonchev–Trinajstić information content (AvgIpc) is 2.68. The molecule has 0 bridgehead atoms. The van der Waals surface area contributed by atoms with E-state index < -0.39 is 0 Å². The second-order valence-corrected chi connectivity index (χ2v) is 7.24. The third-order valence-corrected chi connectivity index (χ3v) is 5.49. The molecule has 0 amide bonds. The smallest absolute Gasteiger partial charge is 0.00222 e. The van der Waals surface area contributed by atoms with Crippen molar-refractivity contribution in [3.8, 4) is 0 Å². The summed E-state index contributed by atoms with van der Waals surface area (Å²) in [6.45, 7) is 4.78. The highest BCUT2D eigenvalue weighted by atomic mass is 32.1. The van der Waals surface area contributed by atoms with Crippen molar-refractivity contribution in [2.75, 3.05) is 0 Å². The fraction of sp³-hybridized carbons (Fsp3) is 1.00. The molecular formula is C15H28S. The highest BCUT2D eigenvalue weighted by Crippen LogP contribution is 2.42. The van der Waals surface area contributed by atoms with E-state index >= 15 is 0 Å². The summed E-state index contributed by atoms with van der Waals surface area (Å²) in [5.74, 6) is 3.86. The van der Waals surface area contributed by atoms with Gasteiger partial charge in [-0.1, -0.05) is 39.5 Å². The largest absolute Gasteiger partial charge is 0.176 e. The Bertz CT molecular complexity index is 205. The van der Waals surface area contributed by atoms with Gasteiger partial charge in [0.1, 0.15) is 0 Å². The second kappa shape index (κ2) is 5.80. The minimum Gasteiger partial charge on any atom is -0.176 e. The monoisotopic (exact) mass is 240 g/mol. The summed E-state index contributed by atoms with van der Waals surface area (Å²) in [5, 5.41) is 0.681. The van der Waals surface area contributed by atoms with Gasteiger partial charge < -0.3 is 0 Å². The molecule has 0 aliphatic heterocycles. The van der Waals surface area contributed by atoms with Crippen molar-refractivity contribution in [3.63, 3.8) is 0 Å². The van der Waals surface area contributed by atoms with Crippen molar-refractivity contribution >= 4 is 12.6 Å². The van der Waals surface area contributed by atoms with Gasteiger partial charge in [-0.3, -0.25) is 0 Å². The van der Waals surface area contributed by atoms with E-state index in [-0.39, 0.29) is 0 Å². The molecule has 0 radical (unpaired) electrons. The van der Waals surface area contributed by atoms with E-state index in [1.165, 1.54) is 51.4 Å². The van der Waals surface area contributed by atoms with E-state index in [1.54, 1.807) is 0 Å². The Balaban J connectivity index is 1.92. The fourth-order valence-corrected chi connectivity index (χ4v) is 4.46. The summed E-state index contributed by atoms with van der Waals surface area (Å²) in [4.78, 5) is 0. The van der Waals surface area contributed by atoms with E-state index in [9.17, 15) is 0 Å². The molecule has 0 aromatic rings. The lowest BCUT2D eigenvalue weighted by molar-refractivity contribution is 0.289. The van der Waals surface area contributed by atoms with E-state index in [0.29, 0.717) is 5.25 Å². The topological polar surface area (TPSA) is 0 Å². The normalized spacial score (nSPS) is 37.9. The van der Waals surface area contributed by atoms with Gasteiger partial charge in [0.25, 0.3) is 0 Å². The zero-order chi connectivity index (χ0) is 11.5. The number of hydrogen-bond donors (Lipinski definition) is 1. The standard InChI is InChI=1S/C15H28S/c1-11(2)13-7-8-14(10-15(16)9-13)12-5-3-4-6-12/h11-16H,3-10H2,1-2H3. The first kappa shape index (κ1) is 12.8. The molecule has 94 valence electrons. The molecule has 2 aliphatic carbocycles. The predicted molar refractivity (Wildman–Crippen MR) is 75.0 cm³/mol. The first-order valence-electron chi connectivity index (χ1n) is 7.35. The summed E-state index contributed by atoms with van der Waals surface area (Å²) >= 11 is 4.84. The maximum atomic E-state index is 4.84. The third kappa shape index (κ3) is 3.18. The van der Waals surface area contributed by atoms with E-state index in [4.69, 9.17) is 12.6 Å². The van der Waals surface area contributed by atoms with Crippen molar-refractivity contribution in [1.82, 2.24) is 0 Å². The van der Waals surface area contributed by atoms with Crippen LogP contribution in [0.15, 0.2) is 0 Å². The molecule has 16 heavy (non-hydrogen) atoms. The lowest BCUT2D eigenvalue weighted by Crippen LogP contribution is -2.14. The molecular weight excluding hydrogens is 212 g/mol.